The average Bonchev–Trinajstić information content (AvgIpc) is 3.45. The molecule has 1 saturated carbocycles. The fourth-order valence-electron chi connectivity index (χ4n) is 6.75. The van der Waals surface area contributed by atoms with Crippen LogP contribution in [0.25, 0.3) is 0 Å². The maximum absolute atomic E-state index is 14.0. The lowest BCUT2D eigenvalue weighted by Crippen LogP contribution is -2.58. The average molecular weight is 565 g/mol. The number of hydrogen-bond acceptors (Lipinski definition) is 5. The summed E-state index contributed by atoms with van der Waals surface area (Å²) < 4.78 is -0.685. The number of alkyl halides is 1. The van der Waals surface area contributed by atoms with Crippen molar-refractivity contribution >= 4 is 51.1 Å². The van der Waals surface area contributed by atoms with Gasteiger partial charge in [-0.3, -0.25) is 14.4 Å². The molecule has 7 nitrogen and oxygen atoms in total. The van der Waals surface area contributed by atoms with Crippen LogP contribution in [0.15, 0.2) is 30.3 Å². The molecule has 3 amide bonds. The van der Waals surface area contributed by atoms with Crippen LogP contribution >= 0.6 is 27.7 Å². The van der Waals surface area contributed by atoms with E-state index in [1.807, 2.05) is 37.3 Å². The number of carbonyl (C=O) groups excluding carboxylic acids is 3. The van der Waals surface area contributed by atoms with Crippen LogP contribution < -0.4 is 10.6 Å². The maximum atomic E-state index is 14.0. The smallest absolute Gasteiger partial charge is 0.244 e. The van der Waals surface area contributed by atoms with Gasteiger partial charge in [-0.2, -0.15) is 0 Å². The van der Waals surface area contributed by atoms with Crippen LogP contribution in [0.2, 0.25) is 0 Å². The first-order chi connectivity index (χ1) is 16.9. The molecular formula is C26H34BrN3O4S. The minimum Gasteiger partial charge on any atom is -0.394 e. The molecule has 190 valence electrons. The number of halogens is 1. The number of amides is 3. The fraction of sp³-hybridized carbons (Fsp3) is 0.654. The Morgan fingerprint density at radius 2 is 1.91 bits per heavy atom. The van der Waals surface area contributed by atoms with Gasteiger partial charge in [0.15, 0.2) is 0 Å². The van der Waals surface area contributed by atoms with Crippen LogP contribution in [0.5, 0.6) is 0 Å². The highest BCUT2D eigenvalue weighted by atomic mass is 79.9. The predicted molar refractivity (Wildman–Crippen MR) is 140 cm³/mol. The highest BCUT2D eigenvalue weighted by molar-refractivity contribution is 9.09. The summed E-state index contributed by atoms with van der Waals surface area (Å²) in [5, 5.41) is 16.3. The molecule has 3 unspecified atom stereocenters. The molecule has 3 aliphatic heterocycles. The lowest BCUT2D eigenvalue weighted by atomic mass is 9.70. The number of para-hydroxylation sites is 1. The zero-order chi connectivity index (χ0) is 24.7. The minimum absolute atomic E-state index is 0.0298. The van der Waals surface area contributed by atoms with E-state index in [1.54, 1.807) is 16.7 Å². The number of carbonyl (C=O) groups is 3. The van der Waals surface area contributed by atoms with Crippen LogP contribution in [0.1, 0.15) is 51.9 Å². The van der Waals surface area contributed by atoms with Crippen molar-refractivity contribution in [3.63, 3.8) is 0 Å². The van der Waals surface area contributed by atoms with E-state index in [9.17, 15) is 19.5 Å². The Morgan fingerprint density at radius 3 is 2.57 bits per heavy atom. The summed E-state index contributed by atoms with van der Waals surface area (Å²) in [7, 11) is 0. The van der Waals surface area contributed by atoms with Gasteiger partial charge in [0.25, 0.3) is 0 Å². The predicted octanol–water partition coefficient (Wildman–Crippen LogP) is 3.31. The Hall–Kier alpha value is -1.58. The minimum atomic E-state index is -0.691. The molecule has 3 heterocycles. The molecule has 35 heavy (non-hydrogen) atoms. The van der Waals surface area contributed by atoms with Gasteiger partial charge >= 0.3 is 0 Å². The summed E-state index contributed by atoms with van der Waals surface area (Å²) in [5.41, 5.74) is 0.695. The van der Waals surface area contributed by atoms with Crippen molar-refractivity contribution in [2.24, 2.45) is 11.8 Å². The zero-order valence-electron chi connectivity index (χ0n) is 20.0. The number of benzene rings is 1. The molecule has 1 aromatic carbocycles. The largest absolute Gasteiger partial charge is 0.394 e. The van der Waals surface area contributed by atoms with Crippen LogP contribution in [0.4, 0.5) is 5.69 Å². The molecule has 3 N–H and O–H groups in total. The Balaban J connectivity index is 1.49. The van der Waals surface area contributed by atoms with E-state index in [-0.39, 0.29) is 40.4 Å². The van der Waals surface area contributed by atoms with Gasteiger partial charge in [0, 0.05) is 21.8 Å². The third-order valence-electron chi connectivity index (χ3n) is 8.35. The molecular weight excluding hydrogens is 530 g/mol. The van der Waals surface area contributed by atoms with Crippen LogP contribution in [-0.4, -0.2) is 67.3 Å². The van der Waals surface area contributed by atoms with Gasteiger partial charge in [-0.25, -0.2) is 0 Å². The van der Waals surface area contributed by atoms with E-state index < -0.39 is 28.7 Å². The van der Waals surface area contributed by atoms with Gasteiger partial charge in [0.05, 0.1) is 29.2 Å². The number of nitrogens with one attached hydrogen (secondary N) is 2. The zero-order valence-corrected chi connectivity index (χ0v) is 22.4. The lowest BCUT2D eigenvalue weighted by molar-refractivity contribution is -0.142. The van der Waals surface area contributed by atoms with Crippen molar-refractivity contribution in [2.45, 2.75) is 84.8 Å². The molecule has 1 spiro atoms. The number of thioether (sulfide) groups is 1. The summed E-state index contributed by atoms with van der Waals surface area (Å²) >= 11 is 5.43. The number of likely N-dealkylation sites (tertiary alicyclic amines) is 1. The summed E-state index contributed by atoms with van der Waals surface area (Å²) in [5.74, 6) is -1.60. The van der Waals surface area contributed by atoms with Crippen molar-refractivity contribution in [1.29, 1.82) is 0 Å². The van der Waals surface area contributed by atoms with Gasteiger partial charge in [0.2, 0.25) is 17.7 Å². The van der Waals surface area contributed by atoms with E-state index in [1.165, 1.54) is 6.42 Å². The third kappa shape index (κ3) is 4.21. The summed E-state index contributed by atoms with van der Waals surface area (Å²) in [6.07, 6.45) is 6.50. The van der Waals surface area contributed by atoms with Crippen LogP contribution in [-0.2, 0) is 14.4 Å². The van der Waals surface area contributed by atoms with Gasteiger partial charge in [-0.15, -0.1) is 11.8 Å². The highest BCUT2D eigenvalue weighted by Gasteiger charge is 2.76. The molecule has 2 bridgehead atoms. The van der Waals surface area contributed by atoms with Crippen LogP contribution in [0.3, 0.4) is 0 Å². The molecule has 9 heteroatoms. The lowest BCUT2D eigenvalue weighted by Gasteiger charge is -2.38. The number of aliphatic hydroxyl groups is 1. The second-order valence-corrected chi connectivity index (χ2v) is 13.1. The van der Waals surface area contributed by atoms with E-state index in [0.717, 1.165) is 25.7 Å². The molecule has 0 radical (unpaired) electrons. The first-order valence-corrected chi connectivity index (χ1v) is 14.6. The summed E-state index contributed by atoms with van der Waals surface area (Å²) in [6.45, 7) is 1.72. The maximum Gasteiger partial charge on any atom is 0.244 e. The van der Waals surface area contributed by atoms with E-state index in [2.05, 4.69) is 26.6 Å². The number of aliphatic hydroxyl groups excluding tert-OH is 1. The van der Waals surface area contributed by atoms with Crippen LogP contribution in [0, 0.1) is 11.8 Å². The Morgan fingerprint density at radius 1 is 1.20 bits per heavy atom. The molecule has 3 saturated heterocycles. The Labute approximate surface area is 219 Å². The Bertz CT molecular complexity index is 971. The first-order valence-electron chi connectivity index (χ1n) is 12.8. The fourth-order valence-corrected chi connectivity index (χ4v) is 10.3. The summed E-state index contributed by atoms with van der Waals surface area (Å²) in [6, 6.07) is 8.27. The van der Waals surface area contributed by atoms with Crippen molar-refractivity contribution in [3.05, 3.63) is 30.3 Å². The normalized spacial score (nSPS) is 35.1. The number of anilines is 1. The quantitative estimate of drug-likeness (QED) is 0.442. The highest BCUT2D eigenvalue weighted by Crippen LogP contribution is 2.68. The standard InChI is InChI=1S/C26H34BrN3O4S/c1-2-17(14-31)30-22(24(33)29-16-11-7-4-8-12-16)26-13-18(27)21(35-26)19(20(26)25(30)34)23(32)28-15-9-5-3-6-10-15/h3,5-6,9-10,16-22,31H,2,4,7-8,11-14H2,1H3,(H,28,32)(H,29,33)/t17-,18?,19+,20-,21+,22?,26?/m0/s1. The molecule has 0 aromatic heterocycles. The monoisotopic (exact) mass is 563 g/mol. The third-order valence-corrected chi connectivity index (χ3v) is 11.6. The molecule has 4 fully saturated rings. The number of hydrogen-bond donors (Lipinski definition) is 3. The molecule has 1 aliphatic carbocycles. The van der Waals surface area contributed by atoms with Gasteiger partial charge < -0.3 is 20.6 Å². The SMILES string of the molecule is CC[C@@H](CO)N1C(=O)[C@@H]2[C@@H](C(=O)Nc3ccccc3)[C@@H]3SC2(CC3Br)C1C(=O)NC1CCCCC1. The van der Waals surface area contributed by atoms with E-state index in [4.69, 9.17) is 0 Å². The second-order valence-electron chi connectivity index (χ2n) is 10.4. The topological polar surface area (TPSA) is 98.7 Å². The number of rotatable bonds is 7. The van der Waals surface area contributed by atoms with E-state index >= 15 is 0 Å². The summed E-state index contributed by atoms with van der Waals surface area (Å²) in [4.78, 5) is 43.2. The first kappa shape index (κ1) is 25.1. The van der Waals surface area contributed by atoms with E-state index in [0.29, 0.717) is 18.5 Å². The van der Waals surface area contributed by atoms with Gasteiger partial charge in [-0.1, -0.05) is 60.3 Å². The van der Waals surface area contributed by atoms with Crippen molar-refractivity contribution in [1.82, 2.24) is 10.2 Å². The Kier molecular flexibility index (Phi) is 7.21. The van der Waals surface area contributed by atoms with Gasteiger partial charge in [0.1, 0.15) is 6.04 Å². The molecule has 1 aromatic rings. The molecule has 4 aliphatic rings. The van der Waals surface area contributed by atoms with Crippen molar-refractivity contribution < 1.29 is 19.5 Å². The second kappa shape index (κ2) is 10.1. The van der Waals surface area contributed by atoms with Crippen molar-refractivity contribution in [3.8, 4) is 0 Å². The number of fused-ring (bicyclic) bond motifs is 1. The molecule has 7 atom stereocenters. The van der Waals surface area contributed by atoms with Gasteiger partial charge in [-0.05, 0) is 37.8 Å². The molecule has 5 rings (SSSR count). The van der Waals surface area contributed by atoms with Crippen molar-refractivity contribution in [2.75, 3.05) is 11.9 Å². The number of nitrogens with zero attached hydrogens (tertiary/aromatic N) is 1.